The highest BCUT2D eigenvalue weighted by Crippen LogP contribution is 2.54. The van der Waals surface area contributed by atoms with Crippen molar-refractivity contribution in [1.29, 1.82) is 0 Å². The summed E-state index contributed by atoms with van der Waals surface area (Å²) in [5.74, 6) is -4.25. The molecule has 5 aromatic carbocycles. The Morgan fingerprint density at radius 3 is 1.77 bits per heavy atom. The number of esters is 1. The van der Waals surface area contributed by atoms with Gasteiger partial charge in [0.2, 0.25) is 0 Å². The van der Waals surface area contributed by atoms with Crippen LogP contribution in [0.2, 0.25) is 0 Å². The predicted octanol–water partition coefficient (Wildman–Crippen LogP) is 6.76. The molecular formula is C41H34N2O7S2. The van der Waals surface area contributed by atoms with Gasteiger partial charge in [-0.15, -0.1) is 10.1 Å². The van der Waals surface area contributed by atoms with Crippen molar-refractivity contribution in [2.45, 2.75) is 35.0 Å². The number of benzene rings is 5. The van der Waals surface area contributed by atoms with Crippen molar-refractivity contribution in [2.24, 2.45) is 4.40 Å². The molecule has 0 radical (unpaired) electrons. The molecule has 5 aromatic rings. The van der Waals surface area contributed by atoms with Gasteiger partial charge in [-0.3, -0.25) is 4.79 Å². The van der Waals surface area contributed by atoms with Gasteiger partial charge >= 0.3 is 5.97 Å². The van der Waals surface area contributed by atoms with Crippen LogP contribution in [0.4, 0.5) is 0 Å². The van der Waals surface area contributed by atoms with Crippen molar-refractivity contribution in [1.82, 2.24) is 4.31 Å². The van der Waals surface area contributed by atoms with Gasteiger partial charge in [0, 0.05) is 0 Å². The number of ether oxygens (including phenoxy) is 1. The molecule has 1 saturated heterocycles. The van der Waals surface area contributed by atoms with Crippen LogP contribution in [0.3, 0.4) is 0 Å². The molecule has 0 aliphatic carbocycles. The van der Waals surface area contributed by atoms with Crippen molar-refractivity contribution in [3.8, 4) is 0 Å². The fraction of sp³-hybridized carbons (Fsp3) is 0.122. The van der Waals surface area contributed by atoms with Gasteiger partial charge in [0.15, 0.2) is 0 Å². The molecule has 0 spiro atoms. The van der Waals surface area contributed by atoms with Gasteiger partial charge in [0.1, 0.15) is 16.8 Å². The summed E-state index contributed by atoms with van der Waals surface area (Å²) in [6.07, 6.45) is 1.49. The van der Waals surface area contributed by atoms with Crippen LogP contribution in [0.15, 0.2) is 165 Å². The Kier molecular flexibility index (Phi) is 9.95. The minimum atomic E-state index is -4.88. The number of sulfonamides is 2. The summed E-state index contributed by atoms with van der Waals surface area (Å²) in [5, 5.41) is 0. The Morgan fingerprint density at radius 2 is 1.23 bits per heavy atom. The third-order valence-corrected chi connectivity index (χ3v) is 11.8. The number of hydrogen-bond acceptors (Lipinski definition) is 7. The lowest BCUT2D eigenvalue weighted by Crippen LogP contribution is -2.45. The van der Waals surface area contributed by atoms with E-state index in [4.69, 9.17) is 4.74 Å². The fourth-order valence-electron chi connectivity index (χ4n) is 6.29. The third kappa shape index (κ3) is 6.53. The van der Waals surface area contributed by atoms with Crippen LogP contribution in [0.1, 0.15) is 33.7 Å². The van der Waals surface area contributed by atoms with Crippen LogP contribution in [-0.2, 0) is 39.8 Å². The van der Waals surface area contributed by atoms with E-state index >= 15 is 4.79 Å². The highest BCUT2D eigenvalue weighted by molar-refractivity contribution is 7.91. The Labute approximate surface area is 303 Å². The summed E-state index contributed by atoms with van der Waals surface area (Å²) in [5.41, 5.74) is 3.04. The van der Waals surface area contributed by atoms with Crippen LogP contribution in [0.5, 0.6) is 0 Å². The number of carbonyl (C=O) groups excluding carboxylic acids is 2. The van der Waals surface area contributed by atoms with Gasteiger partial charge in [-0.05, 0) is 60.9 Å². The van der Waals surface area contributed by atoms with Crippen molar-refractivity contribution in [3.63, 3.8) is 0 Å². The first-order valence-electron chi connectivity index (χ1n) is 16.2. The number of amides is 1. The number of carbonyl (C=O) groups is 2. The van der Waals surface area contributed by atoms with Crippen LogP contribution in [0, 0.1) is 13.8 Å². The summed E-state index contributed by atoms with van der Waals surface area (Å²) < 4.78 is 68.1. The molecule has 1 aliphatic rings. The first-order chi connectivity index (χ1) is 24.9. The lowest BCUT2D eigenvalue weighted by Gasteiger charge is -2.33. The van der Waals surface area contributed by atoms with E-state index in [1.807, 2.05) is 6.07 Å². The molecule has 0 N–H and O–H groups in total. The maximum atomic E-state index is 15.6. The van der Waals surface area contributed by atoms with Gasteiger partial charge in [-0.1, -0.05) is 126 Å². The van der Waals surface area contributed by atoms with Crippen molar-refractivity contribution >= 4 is 43.8 Å². The SMILES string of the molecule is COC(=O)C(=C=Cc1ccccc1)[C@]1(c2ccccc2)C(=O)N(S(=O)(=O)c2ccc(C)cc2)/C(=N/S(=O)(=O)c2ccc(C)cc2)[C@H]1c1ccccc1. The third-order valence-electron chi connectivity index (χ3n) is 8.84. The van der Waals surface area contributed by atoms with Crippen molar-refractivity contribution < 1.29 is 31.2 Å². The fourth-order valence-corrected chi connectivity index (χ4v) is 8.81. The minimum absolute atomic E-state index is 0.185. The second-order valence-electron chi connectivity index (χ2n) is 12.2. The van der Waals surface area contributed by atoms with Crippen molar-refractivity contribution in [3.05, 3.63) is 179 Å². The summed E-state index contributed by atoms with van der Waals surface area (Å²) >= 11 is 0. The molecule has 52 heavy (non-hydrogen) atoms. The maximum absolute atomic E-state index is 15.6. The number of hydrogen-bond donors (Lipinski definition) is 0. The number of methoxy groups -OCH3 is 1. The van der Waals surface area contributed by atoms with Gasteiger partial charge in [-0.25, -0.2) is 13.2 Å². The van der Waals surface area contributed by atoms with Crippen LogP contribution < -0.4 is 0 Å². The second kappa shape index (κ2) is 14.4. The second-order valence-corrected chi connectivity index (χ2v) is 15.6. The molecule has 1 fully saturated rings. The van der Waals surface area contributed by atoms with E-state index in [0.29, 0.717) is 15.4 Å². The number of rotatable bonds is 9. The first-order valence-corrected chi connectivity index (χ1v) is 19.1. The number of aryl methyl sites for hydroxylation is 2. The molecule has 0 bridgehead atoms. The van der Waals surface area contributed by atoms with E-state index in [1.165, 1.54) is 30.3 Å². The quantitative estimate of drug-likeness (QED) is 0.0933. The molecule has 1 aliphatic heterocycles. The molecule has 9 nitrogen and oxygen atoms in total. The Morgan fingerprint density at radius 1 is 0.731 bits per heavy atom. The Bertz CT molecular complexity index is 2440. The summed E-state index contributed by atoms with van der Waals surface area (Å²) in [7, 11) is -8.41. The highest BCUT2D eigenvalue weighted by atomic mass is 32.2. The van der Waals surface area contributed by atoms with Crippen LogP contribution >= 0.6 is 0 Å². The average Bonchev–Trinajstić information content (AvgIpc) is 3.40. The molecule has 0 saturated carbocycles. The monoisotopic (exact) mass is 730 g/mol. The predicted molar refractivity (Wildman–Crippen MR) is 198 cm³/mol. The lowest BCUT2D eigenvalue weighted by atomic mass is 9.64. The van der Waals surface area contributed by atoms with Gasteiger partial charge in [-0.2, -0.15) is 12.7 Å². The minimum Gasteiger partial charge on any atom is -0.465 e. The summed E-state index contributed by atoms with van der Waals surface area (Å²) in [6, 6.07) is 37.0. The normalized spacial score (nSPS) is 18.1. The highest BCUT2D eigenvalue weighted by Gasteiger charge is 2.66. The zero-order valence-corrected chi connectivity index (χ0v) is 30.1. The molecule has 0 aromatic heterocycles. The smallest absolute Gasteiger partial charge is 0.343 e. The van der Waals surface area contributed by atoms with E-state index in [2.05, 4.69) is 10.1 Å². The Hall–Kier alpha value is -5.87. The number of amidine groups is 1. The van der Waals surface area contributed by atoms with Crippen LogP contribution in [0.25, 0.3) is 6.08 Å². The van der Waals surface area contributed by atoms with E-state index in [9.17, 15) is 21.6 Å². The van der Waals surface area contributed by atoms with Gasteiger partial charge < -0.3 is 4.74 Å². The van der Waals surface area contributed by atoms with Gasteiger partial charge in [0.05, 0.1) is 22.8 Å². The molecule has 2 atom stereocenters. The van der Waals surface area contributed by atoms with Gasteiger partial charge in [0.25, 0.3) is 26.0 Å². The summed E-state index contributed by atoms with van der Waals surface area (Å²) in [6.45, 7) is 3.56. The molecule has 11 heteroatoms. The molecule has 262 valence electrons. The Balaban J connectivity index is 1.81. The number of nitrogens with zero attached hydrogens (tertiary/aromatic N) is 2. The lowest BCUT2D eigenvalue weighted by molar-refractivity contribution is -0.139. The zero-order chi connectivity index (χ0) is 37.1. The summed E-state index contributed by atoms with van der Waals surface area (Å²) in [4.78, 5) is 29.2. The van der Waals surface area contributed by atoms with E-state index < -0.39 is 49.1 Å². The van der Waals surface area contributed by atoms with E-state index in [0.717, 1.165) is 18.2 Å². The zero-order valence-electron chi connectivity index (χ0n) is 28.5. The topological polar surface area (TPSA) is 127 Å². The van der Waals surface area contributed by atoms with E-state index in [-0.39, 0.29) is 20.9 Å². The first kappa shape index (κ1) is 35.9. The molecule has 1 heterocycles. The average molecular weight is 731 g/mol. The molecule has 1 amide bonds. The largest absolute Gasteiger partial charge is 0.465 e. The molecule has 0 unspecified atom stereocenters. The van der Waals surface area contributed by atoms with Crippen LogP contribution in [-0.4, -0.2) is 46.0 Å². The molecule has 6 rings (SSSR count). The van der Waals surface area contributed by atoms with E-state index in [1.54, 1.807) is 123 Å². The molecular weight excluding hydrogens is 697 g/mol. The van der Waals surface area contributed by atoms with Crippen molar-refractivity contribution in [2.75, 3.05) is 7.11 Å². The maximum Gasteiger partial charge on any atom is 0.343 e. The standard InChI is InChI=1S/C41H34N2O7S2/c1-29-19-24-34(25-20-29)51(46,47)42-38-37(32-15-9-5-10-16-32)41(33-17-11-6-12-18-33,36(39(44)50-3)28-23-31-13-7-4-8-14-31)40(45)43(38)52(48,49)35-26-21-30(2)22-27-35/h4-27,37H,1-3H3/b42-38+/t28?,37-,41+/m1/s1.